The van der Waals surface area contributed by atoms with E-state index in [2.05, 4.69) is 5.32 Å². The van der Waals surface area contributed by atoms with E-state index in [9.17, 15) is 13.2 Å². The zero-order chi connectivity index (χ0) is 14.6. The highest BCUT2D eigenvalue weighted by Gasteiger charge is 2.41. The van der Waals surface area contributed by atoms with Crippen LogP contribution in [0.25, 0.3) is 0 Å². The zero-order valence-corrected chi connectivity index (χ0v) is 11.6. The Kier molecular flexibility index (Phi) is 4.70. The molecule has 0 heterocycles. The van der Waals surface area contributed by atoms with Gasteiger partial charge in [0.15, 0.2) is 0 Å². The second kappa shape index (κ2) is 6.14. The Bertz CT molecular complexity index is 441. The molecule has 0 aliphatic heterocycles. The summed E-state index contributed by atoms with van der Waals surface area (Å²) in [7, 11) is 1.67. The van der Waals surface area contributed by atoms with Gasteiger partial charge in [-0.15, -0.1) is 0 Å². The van der Waals surface area contributed by atoms with E-state index in [0.717, 1.165) is 31.9 Å². The number of methoxy groups -OCH3 is 1. The molecule has 0 aromatic heterocycles. The molecule has 0 saturated heterocycles. The van der Waals surface area contributed by atoms with Gasteiger partial charge in [-0.1, -0.05) is 18.2 Å². The van der Waals surface area contributed by atoms with E-state index in [-0.39, 0.29) is 12.0 Å². The molecule has 2 nitrogen and oxygen atoms in total. The summed E-state index contributed by atoms with van der Waals surface area (Å²) in [4.78, 5) is 0. The molecule has 1 aliphatic rings. The van der Waals surface area contributed by atoms with Gasteiger partial charge in [-0.25, -0.2) is 0 Å². The predicted octanol–water partition coefficient (Wildman–Crippen LogP) is 3.61. The molecule has 1 aromatic rings. The summed E-state index contributed by atoms with van der Waals surface area (Å²) in [6.07, 6.45) is -1.06. The molecule has 0 unspecified atom stereocenters. The van der Waals surface area contributed by atoms with E-state index in [1.807, 2.05) is 0 Å². The van der Waals surface area contributed by atoms with Crippen LogP contribution in [-0.2, 0) is 17.5 Å². The van der Waals surface area contributed by atoms with Gasteiger partial charge >= 0.3 is 6.18 Å². The number of halogens is 3. The lowest BCUT2D eigenvalue weighted by molar-refractivity contribution is -0.138. The third kappa shape index (κ3) is 3.96. The van der Waals surface area contributed by atoms with E-state index in [1.54, 1.807) is 13.2 Å². The van der Waals surface area contributed by atoms with E-state index >= 15 is 0 Å². The van der Waals surface area contributed by atoms with Gasteiger partial charge in [0.2, 0.25) is 0 Å². The molecule has 1 fully saturated rings. The average Bonchev–Trinajstić information content (AvgIpc) is 3.16. The van der Waals surface area contributed by atoms with Crippen molar-refractivity contribution in [3.8, 4) is 0 Å². The lowest BCUT2D eigenvalue weighted by Gasteiger charge is -2.17. The van der Waals surface area contributed by atoms with Crippen molar-refractivity contribution in [3.63, 3.8) is 0 Å². The summed E-state index contributed by atoms with van der Waals surface area (Å²) in [5.41, 5.74) is 0.000179. The van der Waals surface area contributed by atoms with Crippen LogP contribution in [0.5, 0.6) is 0 Å². The Morgan fingerprint density at radius 1 is 1.25 bits per heavy atom. The van der Waals surface area contributed by atoms with Gasteiger partial charge in [0.05, 0.1) is 5.56 Å². The first-order chi connectivity index (χ1) is 9.47. The third-order valence-electron chi connectivity index (χ3n) is 3.93. The van der Waals surface area contributed by atoms with Gasteiger partial charge in [-0.3, -0.25) is 0 Å². The van der Waals surface area contributed by atoms with E-state index in [0.29, 0.717) is 12.2 Å². The minimum absolute atomic E-state index is 0.239. The van der Waals surface area contributed by atoms with Crippen molar-refractivity contribution < 1.29 is 17.9 Å². The normalized spacial score (nSPS) is 17.2. The molecule has 1 aliphatic carbocycles. The Morgan fingerprint density at radius 3 is 2.55 bits per heavy atom. The number of nitrogens with one attached hydrogen (secondary N) is 1. The Labute approximate surface area is 117 Å². The lowest BCUT2D eigenvalue weighted by atomic mass is 10.0. The number of alkyl halides is 3. The van der Waals surface area contributed by atoms with E-state index in [4.69, 9.17) is 4.74 Å². The van der Waals surface area contributed by atoms with Crippen molar-refractivity contribution in [2.45, 2.75) is 32.0 Å². The van der Waals surface area contributed by atoms with Crippen LogP contribution in [0, 0.1) is 5.41 Å². The highest BCUT2D eigenvalue weighted by Crippen LogP contribution is 2.48. The maximum Gasteiger partial charge on any atom is 0.416 e. The SMILES string of the molecule is COCCC1(CNCc2ccccc2C(F)(F)F)CC1. The smallest absolute Gasteiger partial charge is 0.385 e. The second-order valence-corrected chi connectivity index (χ2v) is 5.50. The highest BCUT2D eigenvalue weighted by molar-refractivity contribution is 5.29. The van der Waals surface area contributed by atoms with Crippen molar-refractivity contribution in [1.82, 2.24) is 5.32 Å². The van der Waals surface area contributed by atoms with Crippen LogP contribution in [0.3, 0.4) is 0 Å². The number of benzene rings is 1. The van der Waals surface area contributed by atoms with Gasteiger partial charge in [-0.2, -0.15) is 13.2 Å². The molecule has 0 spiro atoms. The quantitative estimate of drug-likeness (QED) is 0.827. The van der Waals surface area contributed by atoms with E-state index in [1.165, 1.54) is 12.1 Å². The highest BCUT2D eigenvalue weighted by atomic mass is 19.4. The standard InChI is InChI=1S/C15H20F3NO/c1-20-9-8-14(6-7-14)11-19-10-12-4-2-3-5-13(12)15(16,17)18/h2-5,19H,6-11H2,1H3. The maximum atomic E-state index is 12.8. The summed E-state index contributed by atoms with van der Waals surface area (Å²) in [6, 6.07) is 5.73. The van der Waals surface area contributed by atoms with Crippen LogP contribution < -0.4 is 5.32 Å². The van der Waals surface area contributed by atoms with Crippen LogP contribution in [-0.4, -0.2) is 20.3 Å². The minimum atomic E-state index is -4.29. The molecule has 1 aromatic carbocycles. The fourth-order valence-corrected chi connectivity index (χ4v) is 2.42. The van der Waals surface area contributed by atoms with Crippen LogP contribution >= 0.6 is 0 Å². The molecular formula is C15H20F3NO. The number of rotatable bonds is 7. The van der Waals surface area contributed by atoms with Gasteiger partial charge in [0.1, 0.15) is 0 Å². The number of hydrogen-bond donors (Lipinski definition) is 1. The fraction of sp³-hybridized carbons (Fsp3) is 0.600. The molecule has 20 heavy (non-hydrogen) atoms. The molecule has 0 amide bonds. The second-order valence-electron chi connectivity index (χ2n) is 5.50. The first-order valence-corrected chi connectivity index (χ1v) is 6.82. The van der Waals surface area contributed by atoms with Gasteiger partial charge in [0, 0.05) is 26.8 Å². The summed E-state index contributed by atoms with van der Waals surface area (Å²) in [5.74, 6) is 0. The van der Waals surface area contributed by atoms with Crippen LogP contribution in [0.2, 0.25) is 0 Å². The van der Waals surface area contributed by atoms with Crippen molar-refractivity contribution in [1.29, 1.82) is 0 Å². The maximum absolute atomic E-state index is 12.8. The Hall–Kier alpha value is -1.07. The Balaban J connectivity index is 1.89. The molecule has 0 atom stereocenters. The van der Waals surface area contributed by atoms with Crippen molar-refractivity contribution >= 4 is 0 Å². The van der Waals surface area contributed by atoms with Crippen LogP contribution in [0.15, 0.2) is 24.3 Å². The van der Waals surface area contributed by atoms with E-state index < -0.39 is 11.7 Å². The first-order valence-electron chi connectivity index (χ1n) is 6.82. The van der Waals surface area contributed by atoms with Crippen molar-refractivity contribution in [2.75, 3.05) is 20.3 Å². The number of hydrogen-bond acceptors (Lipinski definition) is 2. The molecule has 5 heteroatoms. The molecular weight excluding hydrogens is 267 g/mol. The van der Waals surface area contributed by atoms with Crippen molar-refractivity contribution in [2.24, 2.45) is 5.41 Å². The van der Waals surface area contributed by atoms with Crippen LogP contribution in [0.1, 0.15) is 30.4 Å². The molecule has 2 rings (SSSR count). The summed E-state index contributed by atoms with van der Waals surface area (Å²) >= 11 is 0. The molecule has 0 bridgehead atoms. The summed E-state index contributed by atoms with van der Waals surface area (Å²) < 4.78 is 43.6. The third-order valence-corrected chi connectivity index (χ3v) is 3.93. The van der Waals surface area contributed by atoms with Gasteiger partial charge in [0.25, 0.3) is 0 Å². The fourth-order valence-electron chi connectivity index (χ4n) is 2.42. The van der Waals surface area contributed by atoms with Crippen LogP contribution in [0.4, 0.5) is 13.2 Å². The monoisotopic (exact) mass is 287 g/mol. The van der Waals surface area contributed by atoms with Gasteiger partial charge < -0.3 is 10.1 Å². The average molecular weight is 287 g/mol. The summed E-state index contributed by atoms with van der Waals surface area (Å²) in [5, 5.41) is 3.17. The zero-order valence-electron chi connectivity index (χ0n) is 11.6. The topological polar surface area (TPSA) is 21.3 Å². The minimum Gasteiger partial charge on any atom is -0.385 e. The first kappa shape index (κ1) is 15.3. The summed E-state index contributed by atoms with van der Waals surface area (Å²) in [6.45, 7) is 1.72. The van der Waals surface area contributed by atoms with Crippen molar-refractivity contribution in [3.05, 3.63) is 35.4 Å². The Morgan fingerprint density at radius 2 is 1.95 bits per heavy atom. The largest absolute Gasteiger partial charge is 0.416 e. The van der Waals surface area contributed by atoms with Gasteiger partial charge in [-0.05, 0) is 36.3 Å². The molecule has 112 valence electrons. The molecule has 1 saturated carbocycles. The lowest BCUT2D eigenvalue weighted by Crippen LogP contribution is -2.25. The molecule has 0 radical (unpaired) electrons. The number of ether oxygens (including phenoxy) is 1. The predicted molar refractivity (Wildman–Crippen MR) is 71.3 cm³/mol. The molecule has 1 N–H and O–H groups in total.